The third-order valence-corrected chi connectivity index (χ3v) is 11.8. The van der Waals surface area contributed by atoms with E-state index in [4.69, 9.17) is 23.7 Å². The molecule has 290 valence electrons. The van der Waals surface area contributed by atoms with Gasteiger partial charge in [-0.1, -0.05) is 20.8 Å². The Bertz CT molecular complexity index is 1140. The van der Waals surface area contributed by atoms with E-state index < -0.39 is 59.1 Å². The van der Waals surface area contributed by atoms with Gasteiger partial charge in [0.2, 0.25) is 6.41 Å². The quantitative estimate of drug-likeness (QED) is 0.164. The molecule has 1 aliphatic carbocycles. The summed E-state index contributed by atoms with van der Waals surface area (Å²) in [5, 5.41) is 18.1. The average molecular weight is 713 g/mol. The maximum Gasteiger partial charge on any atom is 0.319 e. The molecule has 0 bridgehead atoms. The van der Waals surface area contributed by atoms with Crippen LogP contribution in [-0.2, 0) is 38.1 Å². The first-order chi connectivity index (χ1) is 23.3. The largest absolute Gasteiger partial charge is 0.458 e. The monoisotopic (exact) mass is 712 g/mol. The fourth-order valence-corrected chi connectivity index (χ4v) is 8.19. The Labute approximate surface area is 300 Å². The molecule has 13 heteroatoms. The molecule has 12 atom stereocenters. The zero-order chi connectivity index (χ0) is 37.8. The number of rotatable bonds is 11. The summed E-state index contributed by atoms with van der Waals surface area (Å²) in [5.41, 5.74) is -3.75. The van der Waals surface area contributed by atoms with Gasteiger partial charge in [0.05, 0.1) is 23.9 Å². The van der Waals surface area contributed by atoms with Gasteiger partial charge in [-0.05, 0) is 93.8 Å². The van der Waals surface area contributed by atoms with Crippen molar-refractivity contribution in [1.29, 1.82) is 0 Å². The summed E-state index contributed by atoms with van der Waals surface area (Å²) in [4.78, 5) is 44.8. The normalized spacial score (nSPS) is 41.3. The van der Waals surface area contributed by atoms with Crippen LogP contribution in [0.4, 0.5) is 0 Å². The van der Waals surface area contributed by atoms with Crippen molar-refractivity contribution in [1.82, 2.24) is 20.4 Å². The van der Waals surface area contributed by atoms with E-state index in [1.165, 1.54) is 0 Å². The van der Waals surface area contributed by atoms with Crippen LogP contribution in [0.1, 0.15) is 87.5 Å². The Morgan fingerprint density at radius 1 is 1.08 bits per heavy atom. The zero-order valence-electron chi connectivity index (χ0n) is 33.0. The summed E-state index contributed by atoms with van der Waals surface area (Å²) in [6.07, 6.45) is 0.455. The predicted octanol–water partition coefficient (Wildman–Crippen LogP) is 2.37. The van der Waals surface area contributed by atoms with E-state index in [2.05, 4.69) is 22.5 Å². The molecule has 1 amide bonds. The molecular formula is C37H68N4O9. The van der Waals surface area contributed by atoms with Crippen molar-refractivity contribution in [3.63, 3.8) is 0 Å². The summed E-state index contributed by atoms with van der Waals surface area (Å²) < 4.78 is 31.8. The third-order valence-electron chi connectivity index (χ3n) is 11.8. The number of ether oxygens (including phenoxy) is 5. The minimum atomic E-state index is -1.59. The lowest BCUT2D eigenvalue weighted by Crippen LogP contribution is -2.65. The van der Waals surface area contributed by atoms with E-state index in [1.807, 2.05) is 53.7 Å². The van der Waals surface area contributed by atoms with Crippen LogP contribution in [0.5, 0.6) is 0 Å². The second-order valence-electron chi connectivity index (χ2n) is 16.4. The Morgan fingerprint density at radius 3 is 2.24 bits per heavy atom. The number of esters is 1. The number of aliphatic hydroxyl groups is 1. The Kier molecular flexibility index (Phi) is 14.9. The first kappa shape index (κ1) is 42.7. The third kappa shape index (κ3) is 9.44. The first-order valence-corrected chi connectivity index (χ1v) is 18.5. The fourth-order valence-electron chi connectivity index (χ4n) is 8.19. The van der Waals surface area contributed by atoms with Crippen LogP contribution in [0.3, 0.4) is 0 Å². The number of methoxy groups -OCH3 is 2. The van der Waals surface area contributed by atoms with Gasteiger partial charge in [0, 0.05) is 51.4 Å². The molecule has 2 aliphatic heterocycles. The average Bonchev–Trinajstić information content (AvgIpc) is 3.90. The number of Topliss-reactive ketones (excluding diaryl/α,β-unsaturated/α-hetero) is 1. The van der Waals surface area contributed by atoms with Gasteiger partial charge in [0.15, 0.2) is 12.1 Å². The molecular weight excluding hydrogens is 644 g/mol. The van der Waals surface area contributed by atoms with Gasteiger partial charge in [-0.3, -0.25) is 14.4 Å². The second kappa shape index (κ2) is 17.4. The van der Waals surface area contributed by atoms with Crippen LogP contribution in [0.25, 0.3) is 0 Å². The number of likely N-dealkylation sites (N-methyl/N-ethyl adjacent to an activating group) is 2. The topological polar surface area (TPSA) is 148 Å². The highest BCUT2D eigenvalue weighted by molar-refractivity contribution is 6.04. The van der Waals surface area contributed by atoms with Crippen LogP contribution in [0.2, 0.25) is 0 Å². The molecule has 0 aromatic heterocycles. The number of carbonyl (C=O) groups excluding carboxylic acids is 3. The van der Waals surface area contributed by atoms with Gasteiger partial charge >= 0.3 is 5.97 Å². The standard InChI is InChI=1S/C37H68N4O9/c1-14-28-37(8,47-13)30(39-21-42)24(4)41(11)20-22(2)18-36(7,46-12)32(23(3)31(44)35(5,6)34(45)49-28)50-33-29(43)27(40(9)10)17-26(48-33)19-38-25-15-16-25/h21-30,32-33,38,43H,14-20H2,1-13H3,(H,39,42)/t22-,23+,24-,26+,27?,28-,29-,30-,32-,33+,36-,37-/m1/s1. The fraction of sp³-hybridized carbons (Fsp3) is 0.919. The summed E-state index contributed by atoms with van der Waals surface area (Å²) in [6, 6.07) is -0.556. The lowest BCUT2D eigenvalue weighted by atomic mass is 9.74. The van der Waals surface area contributed by atoms with E-state index >= 15 is 0 Å². The lowest BCUT2D eigenvalue weighted by molar-refractivity contribution is -0.297. The van der Waals surface area contributed by atoms with Crippen LogP contribution < -0.4 is 10.6 Å². The summed E-state index contributed by atoms with van der Waals surface area (Å²) in [5.74, 6) is -1.94. The molecule has 2 heterocycles. The molecule has 0 aromatic carbocycles. The molecule has 0 spiro atoms. The molecule has 1 saturated carbocycles. The number of ketones is 1. The van der Waals surface area contributed by atoms with Crippen LogP contribution in [0.15, 0.2) is 0 Å². The summed E-state index contributed by atoms with van der Waals surface area (Å²) >= 11 is 0. The Balaban J connectivity index is 2.10. The van der Waals surface area contributed by atoms with E-state index in [1.54, 1.807) is 35.0 Å². The highest BCUT2D eigenvalue weighted by atomic mass is 16.7. The number of cyclic esters (lactones) is 1. The maximum atomic E-state index is 14.6. The number of amides is 1. The van der Waals surface area contributed by atoms with Crippen molar-refractivity contribution in [3.05, 3.63) is 0 Å². The summed E-state index contributed by atoms with van der Waals surface area (Å²) in [7, 11) is 8.98. The van der Waals surface area contributed by atoms with Crippen molar-refractivity contribution in [3.8, 4) is 0 Å². The van der Waals surface area contributed by atoms with Gasteiger partial charge in [-0.2, -0.15) is 0 Å². The molecule has 3 fully saturated rings. The maximum absolute atomic E-state index is 14.6. The van der Waals surface area contributed by atoms with Crippen molar-refractivity contribution >= 4 is 18.2 Å². The number of carbonyl (C=O) groups is 3. The molecule has 0 radical (unpaired) electrons. The van der Waals surface area contributed by atoms with Gasteiger partial charge in [-0.15, -0.1) is 0 Å². The molecule has 3 rings (SSSR count). The molecule has 2 saturated heterocycles. The van der Waals surface area contributed by atoms with Gasteiger partial charge < -0.3 is 49.2 Å². The number of aliphatic hydroxyl groups excluding tert-OH is 1. The number of nitrogens with zero attached hydrogens (tertiary/aromatic N) is 2. The van der Waals surface area contributed by atoms with E-state index in [-0.39, 0.29) is 29.9 Å². The number of hydrogen-bond acceptors (Lipinski definition) is 12. The van der Waals surface area contributed by atoms with Crippen molar-refractivity contribution < 1.29 is 43.2 Å². The van der Waals surface area contributed by atoms with Crippen LogP contribution in [-0.4, -0.2) is 148 Å². The zero-order valence-corrected chi connectivity index (χ0v) is 33.0. The van der Waals surface area contributed by atoms with Gasteiger partial charge in [0.1, 0.15) is 23.2 Å². The number of nitrogens with one attached hydrogen (secondary N) is 2. The van der Waals surface area contributed by atoms with Gasteiger partial charge in [-0.25, -0.2) is 0 Å². The Morgan fingerprint density at radius 2 is 1.72 bits per heavy atom. The molecule has 13 nitrogen and oxygen atoms in total. The summed E-state index contributed by atoms with van der Waals surface area (Å²) in [6.45, 7) is 15.9. The van der Waals surface area contributed by atoms with E-state index in [0.29, 0.717) is 44.8 Å². The Hall–Kier alpha value is -1.71. The minimum Gasteiger partial charge on any atom is -0.458 e. The first-order valence-electron chi connectivity index (χ1n) is 18.5. The second-order valence-corrected chi connectivity index (χ2v) is 16.4. The smallest absolute Gasteiger partial charge is 0.319 e. The van der Waals surface area contributed by atoms with E-state index in [9.17, 15) is 19.5 Å². The molecule has 1 unspecified atom stereocenters. The van der Waals surface area contributed by atoms with Gasteiger partial charge in [0.25, 0.3) is 0 Å². The lowest BCUT2D eigenvalue weighted by Gasteiger charge is -2.47. The van der Waals surface area contributed by atoms with Crippen LogP contribution >= 0.6 is 0 Å². The van der Waals surface area contributed by atoms with Crippen molar-refractivity contribution in [2.45, 2.75) is 154 Å². The molecule has 0 aromatic rings. The minimum absolute atomic E-state index is 0.0201. The van der Waals surface area contributed by atoms with Crippen LogP contribution in [0, 0.1) is 17.3 Å². The molecule has 50 heavy (non-hydrogen) atoms. The predicted molar refractivity (Wildman–Crippen MR) is 190 cm³/mol. The SMILES string of the molecule is CC[C@H]1OC(=O)C(C)(C)C(=O)[C@H](C)[C@@H](O[C@@H]2O[C@H](CNC3CC3)CC(N(C)C)[C@H]2O)[C@](C)(OC)C[C@@H](C)CN(C)[C@H](C)[C@@H](NC=O)[C@]1(C)OC. The van der Waals surface area contributed by atoms with Crippen molar-refractivity contribution in [2.75, 3.05) is 48.5 Å². The highest BCUT2D eigenvalue weighted by Crippen LogP contribution is 2.39. The van der Waals surface area contributed by atoms with E-state index in [0.717, 1.165) is 12.8 Å². The molecule has 3 N–H and O–H groups in total. The highest BCUT2D eigenvalue weighted by Gasteiger charge is 2.54. The van der Waals surface area contributed by atoms with Crippen molar-refractivity contribution in [2.24, 2.45) is 17.3 Å². The number of hydrogen-bond donors (Lipinski definition) is 3. The molecule has 3 aliphatic rings.